The number of amides is 1. The number of ether oxygens (including phenoxy) is 1. The number of aromatic nitrogens is 1. The second-order valence-corrected chi connectivity index (χ2v) is 7.67. The normalized spacial score (nSPS) is 27.9. The number of pyridine rings is 1. The van der Waals surface area contributed by atoms with Gasteiger partial charge in [-0.25, -0.2) is 4.98 Å². The molecule has 1 saturated heterocycles. The maximum absolute atomic E-state index is 12.5. The van der Waals surface area contributed by atoms with Gasteiger partial charge >= 0.3 is 0 Å². The van der Waals surface area contributed by atoms with Crippen LogP contribution in [0.1, 0.15) is 45.1 Å². The Bertz CT molecular complexity index is 598. The maximum Gasteiger partial charge on any atom is 0.225 e. The standard InChI is InChI=1S/C19H30N4O2.2ClH/c1-14-13-23(9-10-25-14)17-7-6-15(11-21-17)12-22-18(24)16-5-3-4-8-19(16,2)20;;/h6-7,11,14,16H,3-5,8-10,12-13,20H2,1-2H3,(H,22,24);2*1H. The third kappa shape index (κ3) is 6.21. The summed E-state index contributed by atoms with van der Waals surface area (Å²) in [5.74, 6) is 0.936. The fourth-order valence-corrected chi connectivity index (χ4v) is 3.84. The topological polar surface area (TPSA) is 80.5 Å². The molecule has 0 aromatic carbocycles. The van der Waals surface area contributed by atoms with Crippen LogP contribution in [0, 0.1) is 5.92 Å². The third-order valence-electron chi connectivity index (χ3n) is 5.41. The molecule has 0 spiro atoms. The number of hydrogen-bond donors (Lipinski definition) is 2. The minimum atomic E-state index is -0.391. The number of nitrogens with two attached hydrogens (primary N) is 1. The first-order valence-corrected chi connectivity index (χ1v) is 9.34. The zero-order chi connectivity index (χ0) is 17.9. The highest BCUT2D eigenvalue weighted by molar-refractivity contribution is 5.85. The van der Waals surface area contributed by atoms with Crippen LogP contribution in [0.5, 0.6) is 0 Å². The van der Waals surface area contributed by atoms with Crippen molar-refractivity contribution in [2.45, 2.75) is 57.7 Å². The van der Waals surface area contributed by atoms with Crippen LogP contribution in [0.2, 0.25) is 0 Å². The highest BCUT2D eigenvalue weighted by Crippen LogP contribution is 2.31. The monoisotopic (exact) mass is 418 g/mol. The molecule has 1 saturated carbocycles. The van der Waals surface area contributed by atoms with Crippen molar-refractivity contribution in [2.75, 3.05) is 24.6 Å². The summed E-state index contributed by atoms with van der Waals surface area (Å²) in [7, 11) is 0. The molecule has 3 unspecified atom stereocenters. The Morgan fingerprint density at radius 3 is 2.81 bits per heavy atom. The molecule has 0 radical (unpaired) electrons. The first kappa shape index (κ1) is 24.0. The maximum atomic E-state index is 12.5. The lowest BCUT2D eigenvalue weighted by Gasteiger charge is -2.37. The van der Waals surface area contributed by atoms with E-state index in [2.05, 4.69) is 22.1 Å². The van der Waals surface area contributed by atoms with Gasteiger partial charge in [0.25, 0.3) is 0 Å². The predicted octanol–water partition coefficient (Wildman–Crippen LogP) is 2.67. The van der Waals surface area contributed by atoms with Crippen LogP contribution < -0.4 is 16.0 Å². The minimum Gasteiger partial charge on any atom is -0.375 e. The Kier molecular flexibility index (Phi) is 9.28. The van der Waals surface area contributed by atoms with Crippen molar-refractivity contribution >= 4 is 36.5 Å². The molecule has 1 aliphatic heterocycles. The molecule has 3 N–H and O–H groups in total. The third-order valence-corrected chi connectivity index (χ3v) is 5.41. The van der Waals surface area contributed by atoms with Crippen LogP contribution in [0.4, 0.5) is 5.82 Å². The second-order valence-electron chi connectivity index (χ2n) is 7.67. The number of nitrogens with one attached hydrogen (secondary N) is 1. The molecule has 154 valence electrons. The van der Waals surface area contributed by atoms with E-state index in [0.29, 0.717) is 6.54 Å². The van der Waals surface area contributed by atoms with Crippen LogP contribution in [0.15, 0.2) is 18.3 Å². The molecule has 3 rings (SSSR count). The smallest absolute Gasteiger partial charge is 0.225 e. The van der Waals surface area contributed by atoms with Gasteiger partial charge in [0, 0.05) is 31.4 Å². The van der Waals surface area contributed by atoms with Crippen LogP contribution in [0.3, 0.4) is 0 Å². The molecule has 8 heteroatoms. The lowest BCUT2D eigenvalue weighted by molar-refractivity contribution is -0.128. The molecule has 27 heavy (non-hydrogen) atoms. The summed E-state index contributed by atoms with van der Waals surface area (Å²) in [5.41, 5.74) is 6.93. The van der Waals surface area contributed by atoms with E-state index < -0.39 is 5.54 Å². The number of halogens is 2. The summed E-state index contributed by atoms with van der Waals surface area (Å²) in [4.78, 5) is 19.3. The molecule has 2 heterocycles. The average Bonchev–Trinajstić information content (AvgIpc) is 2.60. The van der Waals surface area contributed by atoms with Gasteiger partial charge in [0.15, 0.2) is 0 Å². The number of morpholine rings is 1. The molecular weight excluding hydrogens is 387 g/mol. The van der Waals surface area contributed by atoms with Gasteiger partial charge in [0.2, 0.25) is 5.91 Å². The Hall–Kier alpha value is -1.08. The van der Waals surface area contributed by atoms with Gasteiger partial charge in [-0.2, -0.15) is 0 Å². The van der Waals surface area contributed by atoms with Gasteiger partial charge in [0.05, 0.1) is 18.6 Å². The van der Waals surface area contributed by atoms with Crippen LogP contribution in [0.25, 0.3) is 0 Å². The van der Waals surface area contributed by atoms with E-state index in [4.69, 9.17) is 10.5 Å². The Morgan fingerprint density at radius 1 is 1.41 bits per heavy atom. The van der Waals surface area contributed by atoms with Crippen LogP contribution >= 0.6 is 24.8 Å². The van der Waals surface area contributed by atoms with E-state index in [1.165, 1.54) is 0 Å². The molecular formula is C19H32Cl2N4O2. The lowest BCUT2D eigenvalue weighted by Crippen LogP contribution is -2.52. The summed E-state index contributed by atoms with van der Waals surface area (Å²) in [6.45, 7) is 7.03. The number of hydrogen-bond acceptors (Lipinski definition) is 5. The van der Waals surface area contributed by atoms with Crippen molar-refractivity contribution in [3.8, 4) is 0 Å². The Labute approximate surface area is 174 Å². The summed E-state index contributed by atoms with van der Waals surface area (Å²) >= 11 is 0. The Morgan fingerprint density at radius 2 is 2.19 bits per heavy atom. The molecule has 1 aromatic rings. The summed E-state index contributed by atoms with van der Waals surface area (Å²) in [6, 6.07) is 4.05. The zero-order valence-corrected chi connectivity index (χ0v) is 17.8. The fourth-order valence-electron chi connectivity index (χ4n) is 3.84. The van der Waals surface area contributed by atoms with Crippen molar-refractivity contribution in [1.29, 1.82) is 0 Å². The van der Waals surface area contributed by atoms with E-state index in [1.807, 2.05) is 25.3 Å². The highest BCUT2D eigenvalue weighted by atomic mass is 35.5. The fraction of sp³-hybridized carbons (Fsp3) is 0.684. The molecule has 2 aliphatic rings. The van der Waals surface area contributed by atoms with Crippen LogP contribution in [-0.2, 0) is 16.1 Å². The molecule has 1 amide bonds. The number of rotatable bonds is 4. The van der Waals surface area contributed by atoms with E-state index in [-0.39, 0.29) is 42.7 Å². The number of anilines is 1. The van der Waals surface area contributed by atoms with Gasteiger partial charge in [-0.05, 0) is 38.3 Å². The lowest BCUT2D eigenvalue weighted by atomic mass is 9.74. The highest BCUT2D eigenvalue weighted by Gasteiger charge is 2.37. The van der Waals surface area contributed by atoms with E-state index in [9.17, 15) is 4.79 Å². The molecule has 0 bridgehead atoms. The molecule has 1 aliphatic carbocycles. The van der Waals surface area contributed by atoms with Crippen molar-refractivity contribution in [2.24, 2.45) is 11.7 Å². The zero-order valence-electron chi connectivity index (χ0n) is 16.1. The largest absolute Gasteiger partial charge is 0.375 e. The van der Waals surface area contributed by atoms with Crippen molar-refractivity contribution < 1.29 is 9.53 Å². The molecule has 6 nitrogen and oxygen atoms in total. The predicted molar refractivity (Wildman–Crippen MR) is 113 cm³/mol. The van der Waals surface area contributed by atoms with Gasteiger partial charge in [0.1, 0.15) is 5.82 Å². The van der Waals surface area contributed by atoms with E-state index in [0.717, 1.165) is 56.8 Å². The van der Waals surface area contributed by atoms with Gasteiger partial charge in [-0.1, -0.05) is 18.9 Å². The van der Waals surface area contributed by atoms with E-state index >= 15 is 0 Å². The summed E-state index contributed by atoms with van der Waals surface area (Å²) in [5, 5.41) is 3.04. The molecule has 3 atom stereocenters. The van der Waals surface area contributed by atoms with E-state index in [1.54, 1.807) is 0 Å². The van der Waals surface area contributed by atoms with Gasteiger partial charge in [-0.15, -0.1) is 24.8 Å². The summed E-state index contributed by atoms with van der Waals surface area (Å²) in [6.07, 6.45) is 6.07. The molecule has 2 fully saturated rings. The Balaban J connectivity index is 0.00000182. The number of carbonyl (C=O) groups excluding carboxylic acids is 1. The van der Waals surface area contributed by atoms with Crippen molar-refractivity contribution in [3.63, 3.8) is 0 Å². The van der Waals surface area contributed by atoms with Crippen LogP contribution in [-0.4, -0.2) is 42.2 Å². The van der Waals surface area contributed by atoms with Crippen molar-refractivity contribution in [3.05, 3.63) is 23.9 Å². The first-order chi connectivity index (χ1) is 12.0. The number of nitrogens with zero attached hydrogens (tertiary/aromatic N) is 2. The van der Waals surface area contributed by atoms with Gasteiger partial charge in [-0.3, -0.25) is 4.79 Å². The molecule has 1 aromatic heterocycles. The van der Waals surface area contributed by atoms with Gasteiger partial charge < -0.3 is 20.7 Å². The second kappa shape index (κ2) is 10.5. The minimum absolute atomic E-state index is 0. The first-order valence-electron chi connectivity index (χ1n) is 9.34. The average molecular weight is 419 g/mol. The van der Waals surface area contributed by atoms with Crippen molar-refractivity contribution in [1.82, 2.24) is 10.3 Å². The quantitative estimate of drug-likeness (QED) is 0.785. The number of carbonyl (C=O) groups is 1. The summed E-state index contributed by atoms with van der Waals surface area (Å²) < 4.78 is 5.57. The SMILES string of the molecule is CC1CN(c2ccc(CNC(=O)C3CCCCC3(C)N)cn2)CCO1.Cl.Cl.